The van der Waals surface area contributed by atoms with Gasteiger partial charge in [-0.3, -0.25) is 9.59 Å². The number of carboxylic acids is 1. The van der Waals surface area contributed by atoms with Gasteiger partial charge in [-0.15, -0.1) is 0 Å². The van der Waals surface area contributed by atoms with Crippen LogP contribution in [0.1, 0.15) is 54.5 Å². The van der Waals surface area contributed by atoms with E-state index in [0.29, 0.717) is 18.5 Å². The number of hydrogen-bond acceptors (Lipinski definition) is 3. The number of carbonyl (C=O) groups is 2. The molecule has 2 rings (SSSR count). The van der Waals surface area contributed by atoms with Gasteiger partial charge in [-0.2, -0.15) is 5.10 Å². The number of benzene rings is 1. The van der Waals surface area contributed by atoms with Gasteiger partial charge >= 0.3 is 5.97 Å². The molecule has 0 unspecified atom stereocenters. The molecule has 0 saturated carbocycles. The molecule has 1 aromatic heterocycles. The molecule has 1 aromatic carbocycles. The summed E-state index contributed by atoms with van der Waals surface area (Å²) >= 11 is 0. The largest absolute Gasteiger partial charge is 0.481 e. The van der Waals surface area contributed by atoms with E-state index in [-0.39, 0.29) is 18.4 Å². The molecule has 0 spiro atoms. The Labute approximate surface area is 154 Å². The fourth-order valence-corrected chi connectivity index (χ4v) is 3.17. The summed E-state index contributed by atoms with van der Waals surface area (Å²) in [5.74, 6) is -0.797. The van der Waals surface area contributed by atoms with Gasteiger partial charge in [0.15, 0.2) is 0 Å². The summed E-state index contributed by atoms with van der Waals surface area (Å²) in [6, 6.07) is 7.54. The van der Waals surface area contributed by atoms with Crippen LogP contribution in [0.5, 0.6) is 0 Å². The zero-order valence-electron chi connectivity index (χ0n) is 16.1. The van der Waals surface area contributed by atoms with Crippen LogP contribution in [-0.4, -0.2) is 44.3 Å². The molecule has 1 amide bonds. The number of rotatable bonds is 7. The Bertz CT molecular complexity index is 791. The van der Waals surface area contributed by atoms with E-state index < -0.39 is 5.97 Å². The average Bonchev–Trinajstić information content (AvgIpc) is 2.87. The molecule has 0 saturated heterocycles. The van der Waals surface area contributed by atoms with E-state index >= 15 is 0 Å². The molecule has 0 aliphatic carbocycles. The molecule has 0 bridgehead atoms. The first-order chi connectivity index (χ1) is 12.3. The highest BCUT2D eigenvalue weighted by Crippen LogP contribution is 2.20. The minimum atomic E-state index is -0.815. The van der Waals surface area contributed by atoms with Gasteiger partial charge in [-0.25, -0.2) is 4.68 Å². The van der Waals surface area contributed by atoms with E-state index in [2.05, 4.69) is 5.10 Å². The highest BCUT2D eigenvalue weighted by Gasteiger charge is 2.18. The number of carbonyl (C=O) groups excluding carboxylic acids is 1. The number of aromatic nitrogens is 2. The zero-order chi connectivity index (χ0) is 19.4. The molecule has 2 aromatic rings. The fraction of sp³-hybridized carbons (Fsp3) is 0.450. The molecule has 140 valence electrons. The third kappa shape index (κ3) is 4.12. The van der Waals surface area contributed by atoms with Crippen molar-refractivity contribution in [3.05, 3.63) is 46.8 Å². The Morgan fingerprint density at radius 2 is 1.81 bits per heavy atom. The molecular formula is C20H27N3O3. The van der Waals surface area contributed by atoms with Crippen LogP contribution in [0.25, 0.3) is 5.69 Å². The number of nitrogens with zero attached hydrogens (tertiary/aromatic N) is 3. The summed E-state index contributed by atoms with van der Waals surface area (Å²) in [6.07, 6.45) is 0.548. The van der Waals surface area contributed by atoms with Crippen molar-refractivity contribution in [3.63, 3.8) is 0 Å². The molecule has 0 atom stereocenters. The molecule has 26 heavy (non-hydrogen) atoms. The molecule has 6 nitrogen and oxygen atoms in total. The highest BCUT2D eigenvalue weighted by atomic mass is 16.4. The molecule has 0 fully saturated rings. The quantitative estimate of drug-likeness (QED) is 0.824. The van der Waals surface area contributed by atoms with Crippen molar-refractivity contribution in [1.82, 2.24) is 14.7 Å². The summed E-state index contributed by atoms with van der Waals surface area (Å²) in [7, 11) is 0. The first kappa shape index (κ1) is 19.7. The predicted molar refractivity (Wildman–Crippen MR) is 101 cm³/mol. The topological polar surface area (TPSA) is 75.4 Å². The molecule has 0 aliphatic rings. The van der Waals surface area contributed by atoms with Gasteiger partial charge in [0.2, 0.25) is 0 Å². The van der Waals surface area contributed by atoms with Crippen LogP contribution < -0.4 is 0 Å². The second kappa shape index (κ2) is 8.17. The van der Waals surface area contributed by atoms with Crippen molar-refractivity contribution >= 4 is 11.9 Å². The highest BCUT2D eigenvalue weighted by molar-refractivity contribution is 5.94. The predicted octanol–water partition coefficient (Wildman–Crippen LogP) is 3.38. The summed E-state index contributed by atoms with van der Waals surface area (Å²) in [5, 5.41) is 13.4. The van der Waals surface area contributed by atoms with E-state index in [9.17, 15) is 9.59 Å². The normalized spacial score (nSPS) is 11.0. The van der Waals surface area contributed by atoms with Crippen molar-refractivity contribution in [2.24, 2.45) is 0 Å². The molecule has 1 heterocycles. The van der Waals surface area contributed by atoms with Gasteiger partial charge in [0.1, 0.15) is 0 Å². The third-order valence-electron chi connectivity index (χ3n) is 4.61. The first-order valence-corrected chi connectivity index (χ1v) is 8.94. The summed E-state index contributed by atoms with van der Waals surface area (Å²) in [5.41, 5.74) is 4.24. The summed E-state index contributed by atoms with van der Waals surface area (Å²) in [6.45, 7) is 10.5. The van der Waals surface area contributed by atoms with Crippen LogP contribution in [0, 0.1) is 13.8 Å². The average molecular weight is 357 g/mol. The van der Waals surface area contributed by atoms with Crippen molar-refractivity contribution in [2.75, 3.05) is 6.54 Å². The molecule has 0 aliphatic heterocycles. The van der Waals surface area contributed by atoms with E-state index in [4.69, 9.17) is 5.11 Å². The number of aryl methyl sites for hydroxylation is 1. The van der Waals surface area contributed by atoms with Crippen LogP contribution in [0.2, 0.25) is 0 Å². The molecule has 6 heteroatoms. The first-order valence-electron chi connectivity index (χ1n) is 8.94. The molecule has 0 radical (unpaired) electrons. The van der Waals surface area contributed by atoms with Crippen molar-refractivity contribution in [2.45, 2.75) is 53.5 Å². The Morgan fingerprint density at radius 1 is 1.19 bits per heavy atom. The van der Waals surface area contributed by atoms with E-state index in [1.807, 2.05) is 63.8 Å². The van der Waals surface area contributed by atoms with Gasteiger partial charge in [-0.1, -0.05) is 0 Å². The minimum Gasteiger partial charge on any atom is -0.481 e. The van der Waals surface area contributed by atoms with Crippen LogP contribution in [0.4, 0.5) is 0 Å². The Hall–Kier alpha value is -2.63. The van der Waals surface area contributed by atoms with Crippen LogP contribution in [0.15, 0.2) is 24.3 Å². The fourth-order valence-electron chi connectivity index (χ4n) is 3.17. The van der Waals surface area contributed by atoms with Crippen LogP contribution in [-0.2, 0) is 11.2 Å². The zero-order valence-corrected chi connectivity index (χ0v) is 16.1. The molecule has 1 N–H and O–H groups in total. The maximum Gasteiger partial charge on any atom is 0.303 e. The standard InChI is InChI=1S/C20H27N3O3/c1-6-22(13(2)3)20(26)16-7-9-17(10-8-16)23-15(5)18(14(4)21-23)11-12-19(24)25/h7-10,13H,6,11-12H2,1-5H3,(H,24,25). The van der Waals surface area contributed by atoms with Gasteiger partial charge in [-0.05, 0) is 70.9 Å². The van der Waals surface area contributed by atoms with Gasteiger partial charge in [0.05, 0.1) is 11.4 Å². The minimum absolute atomic E-state index is 0.0181. The van der Waals surface area contributed by atoms with Gasteiger partial charge < -0.3 is 10.0 Å². The van der Waals surface area contributed by atoms with Crippen LogP contribution in [0.3, 0.4) is 0 Å². The molecular weight excluding hydrogens is 330 g/mol. The number of hydrogen-bond donors (Lipinski definition) is 1. The van der Waals surface area contributed by atoms with Crippen molar-refractivity contribution in [1.29, 1.82) is 0 Å². The van der Waals surface area contributed by atoms with Crippen molar-refractivity contribution < 1.29 is 14.7 Å². The Balaban J connectivity index is 2.27. The number of amides is 1. The van der Waals surface area contributed by atoms with Gasteiger partial charge in [0, 0.05) is 30.3 Å². The van der Waals surface area contributed by atoms with E-state index in [1.165, 1.54) is 0 Å². The van der Waals surface area contributed by atoms with Gasteiger partial charge in [0.25, 0.3) is 5.91 Å². The maximum atomic E-state index is 12.6. The lowest BCUT2D eigenvalue weighted by molar-refractivity contribution is -0.136. The van der Waals surface area contributed by atoms with E-state index in [1.54, 1.807) is 4.68 Å². The number of carboxylic acid groups (broad SMARTS) is 1. The second-order valence-electron chi connectivity index (χ2n) is 6.69. The Kier molecular flexibility index (Phi) is 6.18. The lowest BCUT2D eigenvalue weighted by Gasteiger charge is -2.25. The van der Waals surface area contributed by atoms with Crippen molar-refractivity contribution in [3.8, 4) is 5.69 Å². The second-order valence-corrected chi connectivity index (χ2v) is 6.69. The number of aliphatic carboxylic acids is 1. The lowest BCUT2D eigenvalue weighted by atomic mass is 10.1. The third-order valence-corrected chi connectivity index (χ3v) is 4.61. The smallest absolute Gasteiger partial charge is 0.303 e. The Morgan fingerprint density at radius 3 is 2.31 bits per heavy atom. The summed E-state index contributed by atoms with van der Waals surface area (Å²) < 4.78 is 1.81. The lowest BCUT2D eigenvalue weighted by Crippen LogP contribution is -2.36. The summed E-state index contributed by atoms with van der Waals surface area (Å²) in [4.78, 5) is 25.2. The van der Waals surface area contributed by atoms with E-state index in [0.717, 1.165) is 22.6 Å². The monoisotopic (exact) mass is 357 g/mol. The maximum absolute atomic E-state index is 12.6. The van der Waals surface area contributed by atoms with Crippen LogP contribution >= 0.6 is 0 Å². The SMILES string of the molecule is CCN(C(=O)c1ccc(-n2nc(C)c(CCC(=O)O)c2C)cc1)C(C)C.